The van der Waals surface area contributed by atoms with Crippen LogP contribution in [0.5, 0.6) is 0 Å². The second-order valence-electron chi connectivity index (χ2n) is 5.78. The van der Waals surface area contributed by atoms with Crippen molar-refractivity contribution in [3.8, 4) is 0 Å². The average Bonchev–Trinajstić information content (AvgIpc) is 2.97. The summed E-state index contributed by atoms with van der Waals surface area (Å²) in [4.78, 5) is 48.7. The first kappa shape index (κ1) is 18.2. The van der Waals surface area contributed by atoms with Gasteiger partial charge in [0.15, 0.2) is 0 Å². The largest absolute Gasteiger partial charge is 0.442 e. The molecule has 2 fully saturated rings. The number of nitrogens with zero attached hydrogens (tertiary/aromatic N) is 2. The van der Waals surface area contributed by atoms with E-state index < -0.39 is 29.0 Å². The van der Waals surface area contributed by atoms with E-state index in [2.05, 4.69) is 5.32 Å². The summed E-state index contributed by atoms with van der Waals surface area (Å²) >= 11 is 0.909. The van der Waals surface area contributed by atoms with Gasteiger partial charge in [-0.05, 0) is 18.2 Å². The molecule has 1 N–H and O–H groups in total. The van der Waals surface area contributed by atoms with Crippen molar-refractivity contribution in [2.24, 2.45) is 0 Å². The molecule has 0 saturated carbocycles. The van der Waals surface area contributed by atoms with Crippen molar-refractivity contribution in [2.45, 2.75) is 13.0 Å². The Hall–Kier alpha value is -2.62. The average molecular weight is 381 g/mol. The summed E-state index contributed by atoms with van der Waals surface area (Å²) < 4.78 is 19.7. The van der Waals surface area contributed by atoms with Crippen molar-refractivity contribution in [1.29, 1.82) is 0 Å². The molecule has 0 radical (unpaired) electrons. The molecule has 1 aromatic carbocycles. The smallest absolute Gasteiger partial charge is 0.414 e. The Bertz CT molecular complexity index is 787. The molecule has 138 valence electrons. The molecule has 0 unspecified atom stereocenters. The van der Waals surface area contributed by atoms with Gasteiger partial charge in [0.25, 0.3) is 5.12 Å². The van der Waals surface area contributed by atoms with Crippen LogP contribution in [-0.4, -0.2) is 54.5 Å². The quantitative estimate of drug-likeness (QED) is 0.779. The summed E-state index contributed by atoms with van der Waals surface area (Å²) in [6, 6.07) is 3.97. The first-order chi connectivity index (χ1) is 12.4. The zero-order chi connectivity index (χ0) is 18.8. The van der Waals surface area contributed by atoms with Gasteiger partial charge in [0.2, 0.25) is 5.91 Å². The monoisotopic (exact) mass is 381 g/mol. The van der Waals surface area contributed by atoms with Crippen LogP contribution >= 0.6 is 11.8 Å². The fraction of sp³-hybridized carbons (Fsp3) is 0.375. The number of rotatable bonds is 4. The number of anilines is 2. The van der Waals surface area contributed by atoms with Crippen molar-refractivity contribution in [3.05, 3.63) is 24.0 Å². The maximum atomic E-state index is 14.5. The molecule has 2 aliphatic rings. The van der Waals surface area contributed by atoms with E-state index in [1.165, 1.54) is 24.0 Å². The van der Waals surface area contributed by atoms with Gasteiger partial charge in [-0.3, -0.25) is 19.3 Å². The molecule has 26 heavy (non-hydrogen) atoms. The van der Waals surface area contributed by atoms with Gasteiger partial charge >= 0.3 is 12.0 Å². The van der Waals surface area contributed by atoms with Crippen LogP contribution in [0.1, 0.15) is 6.92 Å². The Labute approximate surface area is 152 Å². The summed E-state index contributed by atoms with van der Waals surface area (Å²) in [5.74, 6) is -1.32. The lowest BCUT2D eigenvalue weighted by Crippen LogP contribution is -2.41. The lowest BCUT2D eigenvalue weighted by Gasteiger charge is -2.26. The van der Waals surface area contributed by atoms with E-state index >= 15 is 0 Å². The Balaban J connectivity index is 1.75. The lowest BCUT2D eigenvalue weighted by atomic mass is 10.2. The topological polar surface area (TPSA) is 96.0 Å². The first-order valence-corrected chi connectivity index (χ1v) is 8.86. The molecule has 1 aromatic rings. The minimum Gasteiger partial charge on any atom is -0.442 e. The zero-order valence-corrected chi connectivity index (χ0v) is 14.7. The van der Waals surface area contributed by atoms with Crippen LogP contribution in [0.3, 0.4) is 0 Å². The SMILES string of the molecule is CC(=O)NC[C@H]1CN(c2ccc(N3CCSC(=O)C3=O)c(F)c2)C(=O)O1. The Morgan fingerprint density at radius 1 is 1.35 bits per heavy atom. The molecule has 3 amide bonds. The molecule has 0 aliphatic carbocycles. The summed E-state index contributed by atoms with van der Waals surface area (Å²) in [6.07, 6.45) is -1.18. The van der Waals surface area contributed by atoms with Gasteiger partial charge in [0.1, 0.15) is 11.9 Å². The lowest BCUT2D eigenvalue weighted by molar-refractivity contribution is -0.131. The fourth-order valence-corrected chi connectivity index (χ4v) is 3.40. The summed E-state index contributed by atoms with van der Waals surface area (Å²) in [6.45, 7) is 1.92. The van der Waals surface area contributed by atoms with Crippen LogP contribution in [0.15, 0.2) is 18.2 Å². The van der Waals surface area contributed by atoms with Gasteiger partial charge < -0.3 is 15.0 Å². The standard InChI is InChI=1S/C16H16FN3O5S/c1-9(21)18-7-11-8-20(16(24)25-11)10-2-3-13(12(17)6-10)19-4-5-26-15(23)14(19)22/h2-3,6,11H,4-5,7-8H2,1H3,(H,18,21)/t11-/m0/s1. The van der Waals surface area contributed by atoms with Crippen molar-refractivity contribution in [1.82, 2.24) is 5.32 Å². The second-order valence-corrected chi connectivity index (χ2v) is 6.85. The molecular weight excluding hydrogens is 365 g/mol. The number of nitrogens with one attached hydrogen (secondary N) is 1. The molecular formula is C16H16FN3O5S. The number of halogens is 1. The summed E-state index contributed by atoms with van der Waals surface area (Å²) in [5, 5.41) is 1.94. The van der Waals surface area contributed by atoms with E-state index in [1.54, 1.807) is 0 Å². The van der Waals surface area contributed by atoms with Gasteiger partial charge in [-0.2, -0.15) is 0 Å². The van der Waals surface area contributed by atoms with Crippen molar-refractivity contribution >= 4 is 46.2 Å². The molecule has 0 spiro atoms. The zero-order valence-electron chi connectivity index (χ0n) is 13.9. The number of hydrogen-bond donors (Lipinski definition) is 1. The van der Waals surface area contributed by atoms with Crippen LogP contribution in [-0.2, 0) is 19.1 Å². The van der Waals surface area contributed by atoms with Crippen molar-refractivity contribution in [2.75, 3.05) is 35.2 Å². The summed E-state index contributed by atoms with van der Waals surface area (Å²) in [5.41, 5.74) is 0.265. The number of thioether (sulfide) groups is 1. The van der Waals surface area contributed by atoms with E-state index in [4.69, 9.17) is 4.74 Å². The van der Waals surface area contributed by atoms with Crippen LogP contribution in [0.25, 0.3) is 0 Å². The third-order valence-electron chi connectivity index (χ3n) is 3.95. The minimum absolute atomic E-state index is 0.00485. The highest BCUT2D eigenvalue weighted by Gasteiger charge is 2.34. The molecule has 2 aliphatic heterocycles. The molecule has 1 atom stereocenters. The van der Waals surface area contributed by atoms with Gasteiger partial charge in [0.05, 0.1) is 24.5 Å². The fourth-order valence-electron chi connectivity index (χ4n) is 2.71. The molecule has 0 bridgehead atoms. The molecule has 10 heteroatoms. The molecule has 8 nitrogen and oxygen atoms in total. The van der Waals surface area contributed by atoms with Gasteiger partial charge in [-0.25, -0.2) is 9.18 Å². The van der Waals surface area contributed by atoms with Crippen molar-refractivity contribution in [3.63, 3.8) is 0 Å². The number of benzene rings is 1. The number of carbonyl (C=O) groups is 4. The van der Waals surface area contributed by atoms with Crippen molar-refractivity contribution < 1.29 is 28.3 Å². The highest BCUT2D eigenvalue weighted by molar-refractivity contribution is 8.15. The van der Waals surface area contributed by atoms with Crippen LogP contribution < -0.4 is 15.1 Å². The second kappa shape index (κ2) is 7.32. The summed E-state index contributed by atoms with van der Waals surface area (Å²) in [7, 11) is 0. The third kappa shape index (κ3) is 3.64. The Morgan fingerprint density at radius 3 is 2.81 bits per heavy atom. The van der Waals surface area contributed by atoms with E-state index in [0.29, 0.717) is 5.75 Å². The van der Waals surface area contributed by atoms with E-state index in [-0.39, 0.29) is 36.9 Å². The van der Waals surface area contributed by atoms with Gasteiger partial charge in [0, 0.05) is 19.2 Å². The third-order valence-corrected chi connectivity index (χ3v) is 4.78. The Morgan fingerprint density at radius 2 is 2.12 bits per heavy atom. The number of carbonyl (C=O) groups excluding carboxylic acids is 4. The molecule has 2 saturated heterocycles. The van der Waals surface area contributed by atoms with E-state index in [9.17, 15) is 23.6 Å². The highest BCUT2D eigenvalue weighted by Crippen LogP contribution is 2.29. The van der Waals surface area contributed by atoms with E-state index in [1.807, 2.05) is 0 Å². The number of cyclic esters (lactones) is 1. The maximum absolute atomic E-state index is 14.5. The number of hydrogen-bond acceptors (Lipinski definition) is 6. The molecule has 2 heterocycles. The highest BCUT2D eigenvalue weighted by atomic mass is 32.2. The minimum atomic E-state index is -0.760. The van der Waals surface area contributed by atoms with Crippen LogP contribution in [0.4, 0.5) is 20.6 Å². The predicted octanol–water partition coefficient (Wildman–Crippen LogP) is 0.893. The Kier molecular flexibility index (Phi) is 5.12. The van der Waals surface area contributed by atoms with Gasteiger partial charge in [-0.15, -0.1) is 0 Å². The van der Waals surface area contributed by atoms with Gasteiger partial charge in [-0.1, -0.05) is 11.8 Å². The normalized spacial score (nSPS) is 20.4. The number of ether oxygens (including phenoxy) is 1. The number of amides is 3. The maximum Gasteiger partial charge on any atom is 0.414 e. The first-order valence-electron chi connectivity index (χ1n) is 7.87. The van der Waals surface area contributed by atoms with Crippen LogP contribution in [0, 0.1) is 5.82 Å². The predicted molar refractivity (Wildman–Crippen MR) is 92.5 cm³/mol. The van der Waals surface area contributed by atoms with Crippen LogP contribution in [0.2, 0.25) is 0 Å². The molecule has 0 aromatic heterocycles. The van der Waals surface area contributed by atoms with E-state index in [0.717, 1.165) is 22.7 Å². The molecule has 3 rings (SSSR count).